The van der Waals surface area contributed by atoms with Gasteiger partial charge in [0.15, 0.2) is 5.17 Å². The maximum absolute atomic E-state index is 13.5. The summed E-state index contributed by atoms with van der Waals surface area (Å²) in [5, 5.41) is 2.00. The summed E-state index contributed by atoms with van der Waals surface area (Å²) < 4.78 is 17.4. The molecule has 0 saturated carbocycles. The van der Waals surface area contributed by atoms with Crippen LogP contribution in [0.2, 0.25) is 15.1 Å². The molecule has 2 unspecified atom stereocenters. The van der Waals surface area contributed by atoms with Crippen LogP contribution in [0.4, 0.5) is 0 Å². The van der Waals surface area contributed by atoms with Crippen LogP contribution in [0.1, 0.15) is 30.9 Å². The summed E-state index contributed by atoms with van der Waals surface area (Å²) in [5.74, 6) is -0.586. The molecule has 4 rings (SSSR count). The van der Waals surface area contributed by atoms with Crippen molar-refractivity contribution in [3.63, 3.8) is 0 Å². The highest BCUT2D eigenvalue weighted by Gasteiger charge is 2.38. The van der Waals surface area contributed by atoms with Gasteiger partial charge in [-0.25, -0.2) is 4.99 Å². The predicted molar refractivity (Wildman–Crippen MR) is 160 cm³/mol. The summed E-state index contributed by atoms with van der Waals surface area (Å²) in [6.07, 6.45) is 5.63. The van der Waals surface area contributed by atoms with Gasteiger partial charge >= 0.3 is 5.97 Å². The molecule has 39 heavy (non-hydrogen) atoms. The van der Waals surface area contributed by atoms with E-state index in [9.17, 15) is 4.79 Å². The quantitative estimate of drug-likeness (QED) is 0.210. The van der Waals surface area contributed by atoms with E-state index in [0.717, 1.165) is 25.2 Å². The van der Waals surface area contributed by atoms with E-state index in [4.69, 9.17) is 54.0 Å². The molecule has 2 atom stereocenters. The maximum atomic E-state index is 13.5. The third-order valence-electron chi connectivity index (χ3n) is 6.55. The molecule has 11 heteroatoms. The normalized spacial score (nSPS) is 19.8. The van der Waals surface area contributed by atoms with E-state index in [2.05, 4.69) is 9.89 Å². The third kappa shape index (κ3) is 8.84. The Morgan fingerprint density at radius 2 is 1.77 bits per heavy atom. The minimum Gasteiger partial charge on any atom is -0.490 e. The molecule has 2 aliphatic rings. The molecule has 0 amide bonds. The minimum atomic E-state index is -0.774. The Morgan fingerprint density at radius 3 is 2.49 bits per heavy atom. The lowest BCUT2D eigenvalue weighted by Gasteiger charge is -2.29. The number of aliphatic imine (C=N–C) groups is 2. The number of hydrogen-bond donors (Lipinski definition) is 0. The van der Waals surface area contributed by atoms with Crippen molar-refractivity contribution in [3.8, 4) is 5.75 Å². The number of esters is 1. The summed E-state index contributed by atoms with van der Waals surface area (Å²) in [5.41, 5.74) is 1.32. The summed E-state index contributed by atoms with van der Waals surface area (Å²) in [7, 11) is 0. The van der Waals surface area contributed by atoms with Gasteiger partial charge in [0.1, 0.15) is 24.9 Å². The Kier molecular flexibility index (Phi) is 11.8. The number of likely N-dealkylation sites (tertiary alicyclic amines) is 1. The van der Waals surface area contributed by atoms with Crippen molar-refractivity contribution in [3.05, 3.63) is 63.1 Å². The second-order valence-electron chi connectivity index (χ2n) is 9.24. The fraction of sp³-hybridized carbons (Fsp3) is 0.464. The molecular weight excluding hydrogens is 581 g/mol. The Bertz CT molecular complexity index is 1170. The van der Waals surface area contributed by atoms with E-state index in [1.165, 1.54) is 31.0 Å². The third-order valence-corrected chi connectivity index (χ3v) is 8.10. The number of carbonyl (C=O) groups excluding carboxylic acids is 1. The first kappa shape index (κ1) is 30.2. The molecule has 1 saturated heterocycles. The lowest BCUT2D eigenvalue weighted by Crippen LogP contribution is -2.38. The van der Waals surface area contributed by atoms with Crippen LogP contribution in [0.5, 0.6) is 5.75 Å². The Labute approximate surface area is 248 Å². The first-order chi connectivity index (χ1) is 18.9. The van der Waals surface area contributed by atoms with E-state index in [-0.39, 0.29) is 19.8 Å². The first-order valence-electron chi connectivity index (χ1n) is 12.9. The van der Waals surface area contributed by atoms with E-state index >= 15 is 0 Å². The number of ether oxygens (including phenoxy) is 3. The molecule has 0 N–H and O–H groups in total. The summed E-state index contributed by atoms with van der Waals surface area (Å²) in [4.78, 5) is 25.3. The summed E-state index contributed by atoms with van der Waals surface area (Å²) >= 11 is 19.8. The van der Waals surface area contributed by atoms with Crippen molar-refractivity contribution in [1.29, 1.82) is 0 Å². The van der Waals surface area contributed by atoms with Crippen molar-refractivity contribution >= 4 is 63.4 Å². The zero-order chi connectivity index (χ0) is 27.6. The van der Waals surface area contributed by atoms with Crippen LogP contribution in [0, 0.1) is 5.92 Å². The van der Waals surface area contributed by atoms with Crippen LogP contribution in [-0.4, -0.2) is 74.1 Å². The van der Waals surface area contributed by atoms with Gasteiger partial charge in [-0.1, -0.05) is 59.1 Å². The molecule has 2 aromatic rings. The van der Waals surface area contributed by atoms with Gasteiger partial charge in [0, 0.05) is 11.6 Å². The topological polar surface area (TPSA) is 72.7 Å². The zero-order valence-corrected chi connectivity index (χ0v) is 24.9. The second-order valence-corrected chi connectivity index (χ2v) is 11.3. The number of thioether (sulfide) groups is 1. The van der Waals surface area contributed by atoms with Crippen molar-refractivity contribution in [2.24, 2.45) is 15.9 Å². The Hall–Kier alpha value is -1.81. The number of nitrogens with zero attached hydrogens (tertiary/aromatic N) is 3. The number of amidine groups is 1. The SMILES string of the molecule is CSC1=NC(c2ccc(Cl)c(Cl)c2)C(C(=O)OCCOc2ccc(Cl)cc2)C(COCCN2CCCCC2)=N1. The number of rotatable bonds is 11. The average Bonchev–Trinajstić information content (AvgIpc) is 2.95. The molecule has 7 nitrogen and oxygen atoms in total. The van der Waals surface area contributed by atoms with Gasteiger partial charge in [-0.3, -0.25) is 9.79 Å². The van der Waals surface area contributed by atoms with Gasteiger partial charge in [-0.05, 0) is 74.1 Å². The van der Waals surface area contributed by atoms with E-state index < -0.39 is 17.9 Å². The average molecular weight is 613 g/mol. The van der Waals surface area contributed by atoms with Crippen molar-refractivity contribution in [2.75, 3.05) is 52.3 Å². The van der Waals surface area contributed by atoms with E-state index in [1.807, 2.05) is 12.3 Å². The van der Waals surface area contributed by atoms with Gasteiger partial charge in [-0.2, -0.15) is 0 Å². The van der Waals surface area contributed by atoms with E-state index in [1.54, 1.807) is 36.4 Å². The molecule has 1 fully saturated rings. The van der Waals surface area contributed by atoms with Crippen LogP contribution >= 0.6 is 46.6 Å². The fourth-order valence-electron chi connectivity index (χ4n) is 4.52. The molecule has 0 aliphatic carbocycles. The molecule has 2 aromatic carbocycles. The lowest BCUT2D eigenvalue weighted by atomic mass is 9.88. The number of halogens is 3. The molecule has 0 aromatic heterocycles. The van der Waals surface area contributed by atoms with Crippen LogP contribution in [0.15, 0.2) is 52.4 Å². The summed E-state index contributed by atoms with van der Waals surface area (Å²) in [6, 6.07) is 11.7. The van der Waals surface area contributed by atoms with Crippen LogP contribution in [0.3, 0.4) is 0 Å². The first-order valence-corrected chi connectivity index (χ1v) is 15.3. The Morgan fingerprint density at radius 1 is 1.00 bits per heavy atom. The van der Waals surface area contributed by atoms with Crippen LogP contribution in [0.25, 0.3) is 0 Å². The van der Waals surface area contributed by atoms with E-state index in [0.29, 0.717) is 38.3 Å². The highest BCUT2D eigenvalue weighted by atomic mass is 35.5. The number of piperidine rings is 1. The molecule has 0 spiro atoms. The van der Waals surface area contributed by atoms with Crippen LogP contribution < -0.4 is 4.74 Å². The van der Waals surface area contributed by atoms with Gasteiger partial charge in [0.25, 0.3) is 0 Å². The predicted octanol–water partition coefficient (Wildman–Crippen LogP) is 6.60. The molecule has 210 valence electrons. The number of benzene rings is 2. The van der Waals surface area contributed by atoms with Gasteiger partial charge in [0.05, 0.1) is 35.0 Å². The highest BCUT2D eigenvalue weighted by Crippen LogP contribution is 2.36. The largest absolute Gasteiger partial charge is 0.490 e. The number of carbonyl (C=O) groups is 1. The minimum absolute atomic E-state index is 0.0637. The van der Waals surface area contributed by atoms with Gasteiger partial charge in [0.2, 0.25) is 0 Å². The van der Waals surface area contributed by atoms with Crippen molar-refractivity contribution in [1.82, 2.24) is 4.90 Å². The molecular formula is C28H32Cl3N3O4S. The van der Waals surface area contributed by atoms with Crippen LogP contribution in [-0.2, 0) is 14.3 Å². The fourth-order valence-corrected chi connectivity index (χ4v) is 5.38. The smallest absolute Gasteiger partial charge is 0.317 e. The van der Waals surface area contributed by atoms with Crippen molar-refractivity contribution in [2.45, 2.75) is 25.3 Å². The van der Waals surface area contributed by atoms with Gasteiger partial charge < -0.3 is 19.1 Å². The van der Waals surface area contributed by atoms with Crippen molar-refractivity contribution < 1.29 is 19.0 Å². The molecule has 0 radical (unpaired) electrons. The second kappa shape index (κ2) is 15.3. The highest BCUT2D eigenvalue weighted by molar-refractivity contribution is 8.13. The van der Waals surface area contributed by atoms with Gasteiger partial charge in [-0.15, -0.1) is 0 Å². The molecule has 0 bridgehead atoms. The number of hydrogen-bond acceptors (Lipinski definition) is 8. The standard InChI is InChI=1S/C28H32Cl3N3O4S/c1-39-28-32-24(18-36-14-13-34-11-3-2-4-12-34)25(26(33-28)19-5-10-22(30)23(31)17-19)27(35)38-16-15-37-21-8-6-20(29)7-9-21/h5-10,17,25-26H,2-4,11-16,18H2,1H3. The monoisotopic (exact) mass is 611 g/mol. The Balaban J connectivity index is 1.45. The molecule has 2 aliphatic heterocycles. The zero-order valence-electron chi connectivity index (χ0n) is 21.8. The molecule has 2 heterocycles. The summed E-state index contributed by atoms with van der Waals surface area (Å²) in [6.45, 7) is 4.05. The lowest BCUT2D eigenvalue weighted by molar-refractivity contribution is -0.147. The maximum Gasteiger partial charge on any atom is 0.317 e.